The fourth-order valence-corrected chi connectivity index (χ4v) is 5.15. The molecule has 162 valence electrons. The number of thiazole rings is 1. The summed E-state index contributed by atoms with van der Waals surface area (Å²) in [6.45, 7) is 2.79. The van der Waals surface area contributed by atoms with Gasteiger partial charge >= 0.3 is 0 Å². The Morgan fingerprint density at radius 1 is 1.23 bits per heavy atom. The number of halogens is 2. The molecule has 1 saturated heterocycles. The second-order valence-electron chi connectivity index (χ2n) is 7.31. The lowest BCUT2D eigenvalue weighted by Crippen LogP contribution is -2.54. The second kappa shape index (κ2) is 8.45. The SMILES string of the molecule is Cc1nc(N(C)C(=O)C2CN(c3ccc(-c4cccc(F)c4F)cc3)C2)sc1S(N)=O. The highest BCUT2D eigenvalue weighted by atomic mass is 32.2. The highest BCUT2D eigenvalue weighted by Gasteiger charge is 2.36. The molecule has 3 aromatic rings. The number of aromatic nitrogens is 1. The molecule has 0 aliphatic carbocycles. The summed E-state index contributed by atoms with van der Waals surface area (Å²) in [6, 6.07) is 11.2. The zero-order valence-electron chi connectivity index (χ0n) is 16.8. The predicted octanol–water partition coefficient (Wildman–Crippen LogP) is 3.48. The average molecular weight is 463 g/mol. The van der Waals surface area contributed by atoms with E-state index in [1.807, 2.05) is 17.0 Å². The van der Waals surface area contributed by atoms with Gasteiger partial charge in [0.05, 0.1) is 11.6 Å². The third-order valence-electron chi connectivity index (χ3n) is 5.27. The van der Waals surface area contributed by atoms with Crippen molar-refractivity contribution in [2.75, 3.05) is 29.9 Å². The van der Waals surface area contributed by atoms with Crippen molar-refractivity contribution in [3.63, 3.8) is 0 Å². The molecule has 6 nitrogen and oxygen atoms in total. The molecular weight excluding hydrogens is 442 g/mol. The van der Waals surface area contributed by atoms with Crippen LogP contribution in [0.3, 0.4) is 0 Å². The van der Waals surface area contributed by atoms with Crippen LogP contribution in [0.2, 0.25) is 0 Å². The summed E-state index contributed by atoms with van der Waals surface area (Å²) in [4.78, 5) is 20.6. The molecule has 10 heteroatoms. The molecule has 0 spiro atoms. The highest BCUT2D eigenvalue weighted by molar-refractivity contribution is 7.85. The molecule has 0 radical (unpaired) electrons. The lowest BCUT2D eigenvalue weighted by molar-refractivity contribution is -0.122. The van der Waals surface area contributed by atoms with Crippen LogP contribution in [-0.2, 0) is 15.8 Å². The van der Waals surface area contributed by atoms with Crippen LogP contribution in [0.5, 0.6) is 0 Å². The minimum atomic E-state index is -1.63. The van der Waals surface area contributed by atoms with E-state index in [1.54, 1.807) is 26.1 Å². The van der Waals surface area contributed by atoms with E-state index in [0.29, 0.717) is 33.7 Å². The monoisotopic (exact) mass is 462 g/mol. The summed E-state index contributed by atoms with van der Waals surface area (Å²) >= 11 is 1.15. The number of hydrogen-bond acceptors (Lipinski definition) is 5. The Balaban J connectivity index is 1.40. The van der Waals surface area contributed by atoms with E-state index in [0.717, 1.165) is 23.1 Å². The Labute approximate surface area is 184 Å². The summed E-state index contributed by atoms with van der Waals surface area (Å²) in [5, 5.41) is 5.91. The largest absolute Gasteiger partial charge is 0.370 e. The summed E-state index contributed by atoms with van der Waals surface area (Å²) < 4.78 is 39.4. The van der Waals surface area contributed by atoms with Crippen LogP contribution in [0, 0.1) is 24.5 Å². The van der Waals surface area contributed by atoms with Gasteiger partial charge in [-0.15, -0.1) is 0 Å². The second-order valence-corrected chi connectivity index (χ2v) is 9.55. The molecule has 1 amide bonds. The first kappa shape index (κ1) is 21.5. The van der Waals surface area contributed by atoms with Crippen molar-refractivity contribution in [1.82, 2.24) is 4.98 Å². The first-order chi connectivity index (χ1) is 14.8. The van der Waals surface area contributed by atoms with E-state index in [1.165, 1.54) is 17.0 Å². The number of hydrogen-bond donors (Lipinski definition) is 1. The van der Waals surface area contributed by atoms with E-state index in [9.17, 15) is 17.8 Å². The zero-order valence-corrected chi connectivity index (χ0v) is 18.5. The minimum absolute atomic E-state index is 0.0715. The van der Waals surface area contributed by atoms with Gasteiger partial charge in [0, 0.05) is 31.4 Å². The molecular formula is C21H20F2N4O2S2. The lowest BCUT2D eigenvalue weighted by Gasteiger charge is -2.41. The smallest absolute Gasteiger partial charge is 0.235 e. The number of carbonyl (C=O) groups excluding carboxylic acids is 1. The van der Waals surface area contributed by atoms with Gasteiger partial charge in [-0.25, -0.2) is 23.1 Å². The molecule has 2 aromatic carbocycles. The molecule has 1 aliphatic rings. The van der Waals surface area contributed by atoms with Gasteiger partial charge in [0.1, 0.15) is 15.2 Å². The van der Waals surface area contributed by atoms with Crippen molar-refractivity contribution < 1.29 is 17.8 Å². The Kier molecular flexibility index (Phi) is 5.87. The van der Waals surface area contributed by atoms with E-state index in [2.05, 4.69) is 4.98 Å². The van der Waals surface area contributed by atoms with Crippen molar-refractivity contribution in [3.8, 4) is 11.1 Å². The maximum absolute atomic E-state index is 14.0. The molecule has 2 heterocycles. The van der Waals surface area contributed by atoms with Crippen molar-refractivity contribution in [2.24, 2.45) is 11.1 Å². The Morgan fingerprint density at radius 3 is 2.52 bits per heavy atom. The van der Waals surface area contributed by atoms with Crippen molar-refractivity contribution in [2.45, 2.75) is 11.1 Å². The van der Waals surface area contributed by atoms with Crippen LogP contribution in [0.4, 0.5) is 19.6 Å². The van der Waals surface area contributed by atoms with Crippen LogP contribution >= 0.6 is 11.3 Å². The third-order valence-corrected chi connectivity index (χ3v) is 7.70. The number of benzene rings is 2. The van der Waals surface area contributed by atoms with E-state index in [-0.39, 0.29) is 17.4 Å². The minimum Gasteiger partial charge on any atom is -0.370 e. The molecule has 1 aliphatic heterocycles. The van der Waals surface area contributed by atoms with Crippen LogP contribution in [0.25, 0.3) is 11.1 Å². The van der Waals surface area contributed by atoms with Gasteiger partial charge in [0.15, 0.2) is 16.8 Å². The normalized spacial score (nSPS) is 14.9. The van der Waals surface area contributed by atoms with Crippen molar-refractivity contribution >= 4 is 39.0 Å². The number of rotatable bonds is 5. The average Bonchev–Trinajstić information content (AvgIpc) is 3.11. The number of aryl methyl sites for hydroxylation is 1. The fraction of sp³-hybridized carbons (Fsp3) is 0.238. The lowest BCUT2D eigenvalue weighted by atomic mass is 9.97. The van der Waals surface area contributed by atoms with Crippen LogP contribution in [-0.4, -0.2) is 35.2 Å². The third kappa shape index (κ3) is 4.10. The Bertz CT molecular complexity index is 1160. The van der Waals surface area contributed by atoms with Gasteiger partial charge in [0.25, 0.3) is 0 Å². The maximum atomic E-state index is 14.0. The standard InChI is InChI=1S/C21H20F2N4O2S2/c1-12-20(31(24)29)30-21(25-12)26(2)19(28)14-10-27(11-14)15-8-6-13(7-9-15)16-4-3-5-17(22)18(16)23/h3-9,14H,10-11,24H2,1-2H3. The highest BCUT2D eigenvalue weighted by Crippen LogP contribution is 2.32. The summed E-state index contributed by atoms with van der Waals surface area (Å²) in [5.41, 5.74) is 2.26. The van der Waals surface area contributed by atoms with Crippen LogP contribution in [0.15, 0.2) is 46.7 Å². The van der Waals surface area contributed by atoms with E-state index in [4.69, 9.17) is 5.14 Å². The van der Waals surface area contributed by atoms with Crippen molar-refractivity contribution in [3.05, 3.63) is 59.8 Å². The molecule has 0 bridgehead atoms. The number of anilines is 2. The van der Waals surface area contributed by atoms with Gasteiger partial charge in [-0.1, -0.05) is 35.6 Å². The van der Waals surface area contributed by atoms with Crippen LogP contribution < -0.4 is 14.9 Å². The molecule has 1 fully saturated rings. The Morgan fingerprint density at radius 2 is 1.90 bits per heavy atom. The molecule has 1 atom stereocenters. The molecule has 1 unspecified atom stereocenters. The first-order valence-electron chi connectivity index (χ1n) is 9.47. The molecule has 0 saturated carbocycles. The van der Waals surface area contributed by atoms with Gasteiger partial charge < -0.3 is 4.90 Å². The topological polar surface area (TPSA) is 79.5 Å². The van der Waals surface area contributed by atoms with Gasteiger partial charge in [-0.2, -0.15) is 0 Å². The van der Waals surface area contributed by atoms with Gasteiger partial charge in [-0.05, 0) is 30.7 Å². The van der Waals surface area contributed by atoms with E-state index < -0.39 is 22.6 Å². The quantitative estimate of drug-likeness (QED) is 0.630. The predicted molar refractivity (Wildman–Crippen MR) is 118 cm³/mol. The number of nitrogens with zero attached hydrogens (tertiary/aromatic N) is 3. The number of amides is 1. The number of nitrogens with two attached hydrogens (primary N) is 1. The first-order valence-corrected chi connectivity index (χ1v) is 11.5. The maximum Gasteiger partial charge on any atom is 0.235 e. The molecule has 4 rings (SSSR count). The van der Waals surface area contributed by atoms with E-state index >= 15 is 0 Å². The zero-order chi connectivity index (χ0) is 22.3. The Hall–Kier alpha value is -2.69. The summed E-state index contributed by atoms with van der Waals surface area (Å²) in [7, 11) is 0.0157. The number of carbonyl (C=O) groups is 1. The van der Waals surface area contributed by atoms with Crippen molar-refractivity contribution in [1.29, 1.82) is 0 Å². The summed E-state index contributed by atoms with van der Waals surface area (Å²) in [6.07, 6.45) is 0. The van der Waals surface area contributed by atoms with Crippen LogP contribution in [0.1, 0.15) is 5.69 Å². The molecule has 31 heavy (non-hydrogen) atoms. The van der Waals surface area contributed by atoms with Gasteiger partial charge in [-0.3, -0.25) is 9.69 Å². The summed E-state index contributed by atoms with van der Waals surface area (Å²) in [5.74, 6) is -2.01. The molecule has 1 aromatic heterocycles. The van der Waals surface area contributed by atoms with Gasteiger partial charge in [0.2, 0.25) is 5.91 Å². The fourth-order valence-electron chi connectivity index (χ4n) is 3.49. The molecule has 2 N–H and O–H groups in total.